The summed E-state index contributed by atoms with van der Waals surface area (Å²) in [6.07, 6.45) is 0. The van der Waals surface area contributed by atoms with Crippen molar-refractivity contribution in [1.29, 1.82) is 0 Å². The minimum absolute atomic E-state index is 0.351. The Morgan fingerprint density at radius 3 is 1.38 bits per heavy atom. The van der Waals surface area contributed by atoms with E-state index in [0.29, 0.717) is 33.8 Å². The van der Waals surface area contributed by atoms with Gasteiger partial charge < -0.3 is 4.74 Å². The molecule has 0 radical (unpaired) electrons. The summed E-state index contributed by atoms with van der Waals surface area (Å²) < 4.78 is 36.7. The second-order valence-electron chi connectivity index (χ2n) is 6.34. The number of hydrogen-bond donors (Lipinski definition) is 0. The van der Waals surface area contributed by atoms with Gasteiger partial charge in [-0.15, -0.1) is 0 Å². The van der Waals surface area contributed by atoms with Crippen LogP contribution in [0.2, 0.25) is 0 Å². The fraction of sp³-hybridized carbons (Fsp3) is 0. The van der Waals surface area contributed by atoms with E-state index in [0.717, 1.165) is 8.95 Å². The molecule has 29 heavy (non-hydrogen) atoms. The lowest BCUT2D eigenvalue weighted by molar-refractivity contribution is 0.485. The molecule has 0 amide bonds. The van der Waals surface area contributed by atoms with E-state index in [-0.39, 0.29) is 11.6 Å². The first-order chi connectivity index (χ1) is 14.0. The molecule has 0 aliphatic carbocycles. The third-order valence-corrected chi connectivity index (χ3v) is 5.42. The normalized spacial score (nSPS) is 10.8. The average molecular weight is 516 g/mol. The van der Waals surface area contributed by atoms with Gasteiger partial charge in [0, 0.05) is 31.2 Å². The highest BCUT2D eigenvalue weighted by Gasteiger charge is 2.15. The van der Waals surface area contributed by atoms with E-state index in [1.807, 2.05) is 24.3 Å². The van der Waals surface area contributed by atoms with E-state index < -0.39 is 0 Å². The maximum absolute atomic E-state index is 14.5. The predicted octanol–water partition coefficient (Wildman–Crippen LogP) is 8.62. The highest BCUT2D eigenvalue weighted by molar-refractivity contribution is 9.10. The summed E-state index contributed by atoms with van der Waals surface area (Å²) in [4.78, 5) is 0. The van der Waals surface area contributed by atoms with Gasteiger partial charge in [-0.3, -0.25) is 0 Å². The largest absolute Gasteiger partial charge is 0.456 e. The van der Waals surface area contributed by atoms with Crippen LogP contribution in [0.25, 0.3) is 22.3 Å². The fourth-order valence-corrected chi connectivity index (χ4v) is 3.80. The summed E-state index contributed by atoms with van der Waals surface area (Å²) in [7, 11) is 0. The van der Waals surface area contributed by atoms with E-state index in [1.165, 1.54) is 12.1 Å². The van der Waals surface area contributed by atoms with Gasteiger partial charge in [-0.2, -0.15) is 0 Å². The van der Waals surface area contributed by atoms with Crippen LogP contribution >= 0.6 is 31.9 Å². The Balaban J connectivity index is 1.81. The molecule has 0 aromatic heterocycles. The molecule has 0 bridgehead atoms. The lowest BCUT2D eigenvalue weighted by Crippen LogP contribution is -1.94. The lowest BCUT2D eigenvalue weighted by atomic mass is 10.0. The third kappa shape index (κ3) is 4.26. The van der Waals surface area contributed by atoms with Crippen molar-refractivity contribution in [3.63, 3.8) is 0 Å². The van der Waals surface area contributed by atoms with Gasteiger partial charge in [-0.05, 0) is 48.5 Å². The van der Waals surface area contributed by atoms with Crippen LogP contribution < -0.4 is 4.74 Å². The molecule has 0 aliphatic heterocycles. The molecule has 4 rings (SSSR count). The third-order valence-electron chi connectivity index (χ3n) is 4.43. The number of rotatable bonds is 4. The van der Waals surface area contributed by atoms with E-state index >= 15 is 0 Å². The monoisotopic (exact) mass is 514 g/mol. The molecule has 0 atom stereocenters. The molecule has 0 fully saturated rings. The molecule has 0 aliphatic rings. The molecule has 4 aromatic rings. The molecule has 0 unspecified atom stereocenters. The zero-order valence-corrected chi connectivity index (χ0v) is 18.2. The molecule has 4 aromatic carbocycles. The molecular weight excluding hydrogens is 502 g/mol. The summed E-state index contributed by atoms with van der Waals surface area (Å²) in [5.74, 6) is 0.255. The number of ether oxygens (including phenoxy) is 1. The second kappa shape index (κ2) is 8.47. The quantitative estimate of drug-likeness (QED) is 0.264. The molecule has 0 saturated carbocycles. The zero-order valence-electron chi connectivity index (χ0n) is 15.0. The Kier molecular flexibility index (Phi) is 5.79. The Morgan fingerprint density at radius 1 is 0.517 bits per heavy atom. The Morgan fingerprint density at radius 2 is 0.931 bits per heavy atom. The van der Waals surface area contributed by atoms with Crippen LogP contribution in [-0.4, -0.2) is 0 Å². The molecular formula is C24H14Br2F2O. The van der Waals surface area contributed by atoms with Gasteiger partial charge >= 0.3 is 0 Å². The summed E-state index contributed by atoms with van der Waals surface area (Å²) in [5, 5.41) is 0. The van der Waals surface area contributed by atoms with Gasteiger partial charge in [0.1, 0.15) is 23.1 Å². The smallest absolute Gasteiger partial charge is 0.135 e. The SMILES string of the molecule is Fc1ccc(Br)cc1-c1ccccc1Oc1ccccc1-c1cc(Br)ccc1F. The van der Waals surface area contributed by atoms with Crippen LogP contribution in [0.1, 0.15) is 0 Å². The Labute approximate surface area is 184 Å². The number of benzene rings is 4. The van der Waals surface area contributed by atoms with Crippen molar-refractivity contribution in [2.45, 2.75) is 0 Å². The molecule has 0 saturated heterocycles. The molecule has 5 heteroatoms. The first kappa shape index (κ1) is 19.8. The van der Waals surface area contributed by atoms with Crippen molar-refractivity contribution >= 4 is 31.9 Å². The Bertz CT molecular complexity index is 1100. The standard InChI is InChI=1S/C24H14Br2F2O/c25-15-9-11-21(27)19(13-15)17-5-1-3-7-23(17)29-24-8-4-2-6-18(24)20-14-16(26)10-12-22(20)28/h1-14H. The summed E-state index contributed by atoms with van der Waals surface area (Å²) in [6.45, 7) is 0. The maximum atomic E-state index is 14.5. The lowest BCUT2D eigenvalue weighted by Gasteiger charge is -2.15. The molecule has 0 spiro atoms. The Hall–Kier alpha value is -2.50. The molecule has 0 heterocycles. The van der Waals surface area contributed by atoms with Crippen molar-refractivity contribution in [3.8, 4) is 33.8 Å². The molecule has 144 valence electrons. The van der Waals surface area contributed by atoms with Crippen molar-refractivity contribution in [1.82, 2.24) is 0 Å². The van der Waals surface area contributed by atoms with Gasteiger partial charge in [0.2, 0.25) is 0 Å². The second-order valence-corrected chi connectivity index (χ2v) is 8.17. The number of para-hydroxylation sites is 2. The van der Waals surface area contributed by atoms with Crippen LogP contribution in [-0.2, 0) is 0 Å². The first-order valence-electron chi connectivity index (χ1n) is 8.79. The van der Waals surface area contributed by atoms with Gasteiger partial charge in [-0.1, -0.05) is 68.3 Å². The highest BCUT2D eigenvalue weighted by Crippen LogP contribution is 2.40. The van der Waals surface area contributed by atoms with E-state index in [1.54, 1.807) is 48.5 Å². The number of hydrogen-bond acceptors (Lipinski definition) is 1. The van der Waals surface area contributed by atoms with Crippen LogP contribution in [0.3, 0.4) is 0 Å². The minimum Gasteiger partial charge on any atom is -0.456 e. The molecule has 0 N–H and O–H groups in total. The molecule has 1 nitrogen and oxygen atoms in total. The first-order valence-corrected chi connectivity index (χ1v) is 10.4. The maximum Gasteiger partial charge on any atom is 0.135 e. The van der Waals surface area contributed by atoms with Crippen molar-refractivity contribution in [3.05, 3.63) is 106 Å². The summed E-state index contributed by atoms with van der Waals surface area (Å²) in [5.41, 5.74) is 2.05. The van der Waals surface area contributed by atoms with E-state index in [9.17, 15) is 8.78 Å². The predicted molar refractivity (Wildman–Crippen MR) is 119 cm³/mol. The van der Waals surface area contributed by atoms with Gasteiger partial charge in [0.05, 0.1) is 0 Å². The topological polar surface area (TPSA) is 9.23 Å². The van der Waals surface area contributed by atoms with E-state index in [2.05, 4.69) is 31.9 Å². The van der Waals surface area contributed by atoms with Crippen LogP contribution in [0.4, 0.5) is 8.78 Å². The van der Waals surface area contributed by atoms with Crippen molar-refractivity contribution < 1.29 is 13.5 Å². The van der Waals surface area contributed by atoms with Crippen LogP contribution in [0.15, 0.2) is 93.9 Å². The van der Waals surface area contributed by atoms with Crippen molar-refractivity contribution in [2.75, 3.05) is 0 Å². The summed E-state index contributed by atoms with van der Waals surface area (Å²) >= 11 is 6.78. The minimum atomic E-state index is -0.351. The van der Waals surface area contributed by atoms with Crippen LogP contribution in [0.5, 0.6) is 11.5 Å². The van der Waals surface area contributed by atoms with Crippen LogP contribution in [0, 0.1) is 11.6 Å². The van der Waals surface area contributed by atoms with E-state index in [4.69, 9.17) is 4.74 Å². The van der Waals surface area contributed by atoms with Gasteiger partial charge in [0.25, 0.3) is 0 Å². The van der Waals surface area contributed by atoms with Gasteiger partial charge in [-0.25, -0.2) is 8.78 Å². The zero-order chi connectivity index (χ0) is 20.4. The summed E-state index contributed by atoms with van der Waals surface area (Å²) in [6, 6.07) is 23.9. The highest BCUT2D eigenvalue weighted by atomic mass is 79.9. The fourth-order valence-electron chi connectivity index (χ4n) is 3.08. The van der Waals surface area contributed by atoms with Crippen molar-refractivity contribution in [2.24, 2.45) is 0 Å². The average Bonchev–Trinajstić information content (AvgIpc) is 2.73. The number of halogens is 4. The van der Waals surface area contributed by atoms with Gasteiger partial charge in [0.15, 0.2) is 0 Å².